The highest BCUT2D eigenvalue weighted by molar-refractivity contribution is 5.92. The van der Waals surface area contributed by atoms with Crippen LogP contribution in [0.5, 0.6) is 0 Å². The molecule has 1 aromatic rings. The molecular formula is C10H17N5. The van der Waals surface area contributed by atoms with Crippen molar-refractivity contribution in [3.63, 3.8) is 0 Å². The van der Waals surface area contributed by atoms with Gasteiger partial charge >= 0.3 is 0 Å². The van der Waals surface area contributed by atoms with Gasteiger partial charge in [-0.05, 0) is 18.8 Å². The monoisotopic (exact) mass is 207 g/mol. The second kappa shape index (κ2) is 4.42. The molecule has 0 aromatic carbocycles. The van der Waals surface area contributed by atoms with E-state index in [0.717, 1.165) is 12.5 Å². The summed E-state index contributed by atoms with van der Waals surface area (Å²) in [5.41, 5.74) is 5.81. The fraction of sp³-hybridized carbons (Fsp3) is 0.700. The van der Waals surface area contributed by atoms with Crippen molar-refractivity contribution in [3.05, 3.63) is 11.9 Å². The second-order valence-electron chi connectivity index (χ2n) is 4.24. The van der Waals surface area contributed by atoms with Crippen LogP contribution in [0.4, 0.5) is 0 Å². The molecule has 0 aliphatic heterocycles. The molecule has 0 unspecified atom stereocenters. The first kappa shape index (κ1) is 10.1. The number of nitrogens with one attached hydrogen (secondary N) is 1. The minimum Gasteiger partial charge on any atom is -0.382 e. The minimum absolute atomic E-state index is 0.00936. The topological polar surface area (TPSA) is 80.6 Å². The van der Waals surface area contributed by atoms with Gasteiger partial charge in [0.1, 0.15) is 11.5 Å². The number of aromatic nitrogens is 3. The Bertz CT molecular complexity index is 337. The standard InChI is InChI=1S/C10H17N5/c11-10(12)9-7-15(14-13-9)6-8-4-2-1-3-5-8/h7-8H,1-6H2,(H3,11,12). The lowest BCUT2D eigenvalue weighted by molar-refractivity contribution is 0.305. The highest BCUT2D eigenvalue weighted by Gasteiger charge is 2.14. The van der Waals surface area contributed by atoms with Crippen molar-refractivity contribution in [2.75, 3.05) is 0 Å². The van der Waals surface area contributed by atoms with E-state index in [4.69, 9.17) is 11.1 Å². The number of amidine groups is 1. The molecule has 3 N–H and O–H groups in total. The molecule has 0 atom stereocenters. The van der Waals surface area contributed by atoms with E-state index in [1.54, 1.807) is 6.20 Å². The van der Waals surface area contributed by atoms with Crippen LogP contribution >= 0.6 is 0 Å². The van der Waals surface area contributed by atoms with Crippen LogP contribution in [0.25, 0.3) is 0 Å². The molecule has 1 saturated carbocycles. The fourth-order valence-corrected chi connectivity index (χ4v) is 2.15. The molecule has 0 radical (unpaired) electrons. The molecule has 2 rings (SSSR count). The van der Waals surface area contributed by atoms with Gasteiger partial charge in [-0.2, -0.15) is 0 Å². The largest absolute Gasteiger partial charge is 0.382 e. The van der Waals surface area contributed by atoms with Gasteiger partial charge in [-0.15, -0.1) is 5.10 Å². The van der Waals surface area contributed by atoms with Gasteiger partial charge in [0, 0.05) is 6.54 Å². The lowest BCUT2D eigenvalue weighted by Gasteiger charge is -2.20. The van der Waals surface area contributed by atoms with Crippen LogP contribution in [0, 0.1) is 11.3 Å². The summed E-state index contributed by atoms with van der Waals surface area (Å²) in [6.45, 7) is 0.917. The zero-order valence-electron chi connectivity index (χ0n) is 8.82. The van der Waals surface area contributed by atoms with Crippen LogP contribution in [-0.4, -0.2) is 20.8 Å². The number of nitrogen functional groups attached to an aromatic ring is 1. The molecule has 0 bridgehead atoms. The van der Waals surface area contributed by atoms with E-state index in [-0.39, 0.29) is 5.84 Å². The van der Waals surface area contributed by atoms with Gasteiger partial charge in [0.25, 0.3) is 0 Å². The molecule has 5 heteroatoms. The normalized spacial score (nSPS) is 17.9. The zero-order chi connectivity index (χ0) is 10.7. The molecule has 1 aliphatic carbocycles. The number of nitrogens with zero attached hydrogens (tertiary/aromatic N) is 3. The number of nitrogens with two attached hydrogens (primary N) is 1. The average molecular weight is 207 g/mol. The van der Waals surface area contributed by atoms with Crippen molar-refractivity contribution < 1.29 is 0 Å². The maximum Gasteiger partial charge on any atom is 0.147 e. The van der Waals surface area contributed by atoms with Crippen LogP contribution in [-0.2, 0) is 6.54 Å². The number of hydrogen-bond donors (Lipinski definition) is 2. The molecule has 1 aliphatic rings. The van der Waals surface area contributed by atoms with Crippen LogP contribution in [0.15, 0.2) is 6.20 Å². The Labute approximate surface area is 89.2 Å². The van der Waals surface area contributed by atoms with Crippen molar-refractivity contribution >= 4 is 5.84 Å². The maximum atomic E-state index is 7.23. The zero-order valence-corrected chi connectivity index (χ0v) is 8.82. The number of hydrogen-bond acceptors (Lipinski definition) is 3. The molecule has 0 spiro atoms. The van der Waals surface area contributed by atoms with Crippen molar-refractivity contribution in [3.8, 4) is 0 Å². The van der Waals surface area contributed by atoms with E-state index in [0.29, 0.717) is 5.69 Å². The summed E-state index contributed by atoms with van der Waals surface area (Å²) in [6, 6.07) is 0. The lowest BCUT2D eigenvalue weighted by atomic mass is 9.89. The van der Waals surface area contributed by atoms with Crippen molar-refractivity contribution in [2.45, 2.75) is 38.6 Å². The molecule has 1 fully saturated rings. The molecular weight excluding hydrogens is 190 g/mol. The highest BCUT2D eigenvalue weighted by Crippen LogP contribution is 2.24. The molecule has 15 heavy (non-hydrogen) atoms. The smallest absolute Gasteiger partial charge is 0.147 e. The first-order valence-electron chi connectivity index (χ1n) is 5.50. The third-order valence-corrected chi connectivity index (χ3v) is 2.98. The van der Waals surface area contributed by atoms with Gasteiger partial charge < -0.3 is 5.73 Å². The van der Waals surface area contributed by atoms with Crippen LogP contribution < -0.4 is 5.73 Å². The Morgan fingerprint density at radius 3 is 2.80 bits per heavy atom. The Hall–Kier alpha value is -1.39. The van der Waals surface area contributed by atoms with E-state index >= 15 is 0 Å². The van der Waals surface area contributed by atoms with Crippen molar-refractivity contribution in [1.29, 1.82) is 5.41 Å². The Morgan fingerprint density at radius 2 is 2.20 bits per heavy atom. The Balaban J connectivity index is 1.94. The predicted molar refractivity (Wildman–Crippen MR) is 57.6 cm³/mol. The van der Waals surface area contributed by atoms with Crippen LogP contribution in [0.1, 0.15) is 37.8 Å². The summed E-state index contributed by atoms with van der Waals surface area (Å²) in [7, 11) is 0. The third kappa shape index (κ3) is 2.55. The lowest BCUT2D eigenvalue weighted by Crippen LogP contribution is -2.14. The van der Waals surface area contributed by atoms with E-state index in [1.165, 1.54) is 32.1 Å². The second-order valence-corrected chi connectivity index (χ2v) is 4.24. The molecule has 5 nitrogen and oxygen atoms in total. The quantitative estimate of drug-likeness (QED) is 0.576. The average Bonchev–Trinajstić information content (AvgIpc) is 2.68. The van der Waals surface area contributed by atoms with Gasteiger partial charge in [0.15, 0.2) is 0 Å². The summed E-state index contributed by atoms with van der Waals surface area (Å²) in [5.74, 6) is 0.713. The molecule has 0 amide bonds. The summed E-state index contributed by atoms with van der Waals surface area (Å²) in [4.78, 5) is 0. The van der Waals surface area contributed by atoms with Gasteiger partial charge in [0.2, 0.25) is 0 Å². The SMILES string of the molecule is N=C(N)c1cn(CC2CCCCC2)nn1. The van der Waals surface area contributed by atoms with E-state index in [2.05, 4.69) is 10.3 Å². The summed E-state index contributed by atoms with van der Waals surface area (Å²) in [5, 5.41) is 15.1. The first-order valence-corrected chi connectivity index (χ1v) is 5.50. The Morgan fingerprint density at radius 1 is 1.47 bits per heavy atom. The third-order valence-electron chi connectivity index (χ3n) is 2.98. The molecule has 0 saturated heterocycles. The van der Waals surface area contributed by atoms with Gasteiger partial charge in [-0.25, -0.2) is 0 Å². The summed E-state index contributed by atoms with van der Waals surface area (Å²) in [6.07, 6.45) is 8.37. The van der Waals surface area contributed by atoms with E-state index in [1.807, 2.05) is 4.68 Å². The highest BCUT2D eigenvalue weighted by atomic mass is 15.4. The maximum absolute atomic E-state index is 7.23. The van der Waals surface area contributed by atoms with Crippen LogP contribution in [0.3, 0.4) is 0 Å². The van der Waals surface area contributed by atoms with Crippen molar-refractivity contribution in [1.82, 2.24) is 15.0 Å². The molecule has 1 heterocycles. The first-order chi connectivity index (χ1) is 7.25. The van der Waals surface area contributed by atoms with E-state index < -0.39 is 0 Å². The van der Waals surface area contributed by atoms with Crippen LogP contribution in [0.2, 0.25) is 0 Å². The summed E-state index contributed by atoms with van der Waals surface area (Å²) < 4.78 is 1.81. The fourth-order valence-electron chi connectivity index (χ4n) is 2.15. The molecule has 82 valence electrons. The van der Waals surface area contributed by atoms with E-state index in [9.17, 15) is 0 Å². The van der Waals surface area contributed by atoms with Gasteiger partial charge in [-0.3, -0.25) is 10.1 Å². The van der Waals surface area contributed by atoms with Gasteiger partial charge in [0.05, 0.1) is 6.20 Å². The summed E-state index contributed by atoms with van der Waals surface area (Å²) >= 11 is 0. The van der Waals surface area contributed by atoms with Crippen molar-refractivity contribution in [2.24, 2.45) is 11.7 Å². The molecule has 1 aromatic heterocycles. The van der Waals surface area contributed by atoms with Gasteiger partial charge in [-0.1, -0.05) is 24.5 Å². The number of rotatable bonds is 3. The predicted octanol–water partition coefficient (Wildman–Crippen LogP) is 1.14. The Kier molecular flexibility index (Phi) is 2.99. The minimum atomic E-state index is -0.00936.